The molecular formula is C18H15N3O2S. The molecule has 120 valence electrons. The molecule has 0 unspecified atom stereocenters. The number of rotatable bonds is 4. The smallest absolute Gasteiger partial charge is 0.324 e. The second-order valence-corrected chi connectivity index (χ2v) is 5.93. The number of carbonyl (C=O) groups is 2. The number of amides is 3. The van der Waals surface area contributed by atoms with Gasteiger partial charge >= 0.3 is 6.03 Å². The topological polar surface area (TPSA) is 84.2 Å². The fourth-order valence-electron chi connectivity index (χ4n) is 2.32. The van der Waals surface area contributed by atoms with Crippen molar-refractivity contribution in [3.05, 3.63) is 71.6 Å². The van der Waals surface area contributed by atoms with Gasteiger partial charge in [-0.25, -0.2) is 4.79 Å². The summed E-state index contributed by atoms with van der Waals surface area (Å²) in [7, 11) is 0. The maximum atomic E-state index is 12.3. The highest BCUT2D eigenvalue weighted by Crippen LogP contribution is 2.28. The van der Waals surface area contributed by atoms with Gasteiger partial charge in [-0.2, -0.15) is 0 Å². The summed E-state index contributed by atoms with van der Waals surface area (Å²) < 4.78 is 0. The van der Waals surface area contributed by atoms with Gasteiger partial charge in [-0.05, 0) is 23.1 Å². The van der Waals surface area contributed by atoms with Crippen LogP contribution in [-0.2, 0) is 0 Å². The van der Waals surface area contributed by atoms with Crippen LogP contribution in [0.25, 0.3) is 11.1 Å². The number of hydrogen-bond acceptors (Lipinski definition) is 3. The molecule has 6 heteroatoms. The molecule has 2 aromatic carbocycles. The molecule has 0 aliphatic rings. The van der Waals surface area contributed by atoms with Crippen LogP contribution in [0.3, 0.4) is 0 Å². The fourth-order valence-corrected chi connectivity index (χ4v) is 3.11. The van der Waals surface area contributed by atoms with Crippen LogP contribution in [0.4, 0.5) is 15.5 Å². The molecule has 1 heterocycles. The number of benzene rings is 2. The van der Waals surface area contributed by atoms with Crippen molar-refractivity contribution in [1.82, 2.24) is 0 Å². The summed E-state index contributed by atoms with van der Waals surface area (Å²) in [5, 5.41) is 7.61. The Morgan fingerprint density at radius 1 is 0.875 bits per heavy atom. The second-order valence-electron chi connectivity index (χ2n) is 5.02. The molecule has 0 bridgehead atoms. The first kappa shape index (κ1) is 15.8. The average Bonchev–Trinajstić information content (AvgIpc) is 3.04. The molecular weight excluding hydrogens is 322 g/mol. The van der Waals surface area contributed by atoms with Gasteiger partial charge in [0.05, 0.1) is 11.3 Å². The lowest BCUT2D eigenvalue weighted by Crippen LogP contribution is -2.21. The molecule has 5 nitrogen and oxygen atoms in total. The summed E-state index contributed by atoms with van der Waals surface area (Å²) in [5.74, 6) is -0.573. The lowest BCUT2D eigenvalue weighted by molar-refractivity contribution is 0.100. The normalized spacial score (nSPS) is 10.2. The van der Waals surface area contributed by atoms with Crippen LogP contribution in [0, 0.1) is 0 Å². The van der Waals surface area contributed by atoms with Gasteiger partial charge in [-0.1, -0.05) is 48.5 Å². The minimum atomic E-state index is -0.573. The SMILES string of the molecule is NC(=O)c1ccsc1NC(=O)Nc1ccccc1-c1ccccc1. The van der Waals surface area contributed by atoms with Gasteiger partial charge < -0.3 is 11.1 Å². The Hall–Kier alpha value is -3.12. The zero-order valence-electron chi connectivity index (χ0n) is 12.7. The van der Waals surface area contributed by atoms with Gasteiger partial charge in [0.15, 0.2) is 0 Å². The first-order valence-corrected chi connectivity index (χ1v) is 8.13. The van der Waals surface area contributed by atoms with Crippen molar-refractivity contribution in [3.63, 3.8) is 0 Å². The molecule has 0 radical (unpaired) electrons. The predicted octanol–water partition coefficient (Wildman–Crippen LogP) is 4.16. The van der Waals surface area contributed by atoms with E-state index >= 15 is 0 Å². The third kappa shape index (κ3) is 3.44. The van der Waals surface area contributed by atoms with Gasteiger partial charge in [-0.3, -0.25) is 10.1 Å². The summed E-state index contributed by atoms with van der Waals surface area (Å²) in [4.78, 5) is 23.6. The molecule has 3 aromatic rings. The van der Waals surface area contributed by atoms with Crippen molar-refractivity contribution in [2.24, 2.45) is 5.73 Å². The lowest BCUT2D eigenvalue weighted by atomic mass is 10.0. The Labute approximate surface area is 143 Å². The fraction of sp³-hybridized carbons (Fsp3) is 0. The Balaban J connectivity index is 1.80. The quantitative estimate of drug-likeness (QED) is 0.668. The number of para-hydroxylation sites is 1. The molecule has 0 atom stereocenters. The monoisotopic (exact) mass is 337 g/mol. The van der Waals surface area contributed by atoms with Crippen molar-refractivity contribution in [3.8, 4) is 11.1 Å². The number of primary amides is 1. The third-order valence-corrected chi connectivity index (χ3v) is 4.25. The molecule has 1 aromatic heterocycles. The summed E-state index contributed by atoms with van der Waals surface area (Å²) >= 11 is 1.24. The minimum absolute atomic E-state index is 0.298. The third-order valence-electron chi connectivity index (χ3n) is 3.42. The van der Waals surface area contributed by atoms with E-state index in [0.717, 1.165) is 11.1 Å². The maximum Gasteiger partial charge on any atom is 0.324 e. The Kier molecular flexibility index (Phi) is 4.58. The molecule has 0 aliphatic heterocycles. The van der Waals surface area contributed by atoms with E-state index in [-0.39, 0.29) is 0 Å². The average molecular weight is 337 g/mol. The van der Waals surface area contributed by atoms with E-state index in [1.165, 1.54) is 11.3 Å². The largest absolute Gasteiger partial charge is 0.366 e. The van der Waals surface area contributed by atoms with Crippen molar-refractivity contribution < 1.29 is 9.59 Å². The molecule has 0 saturated carbocycles. The lowest BCUT2D eigenvalue weighted by Gasteiger charge is -2.12. The predicted molar refractivity (Wildman–Crippen MR) is 97.4 cm³/mol. The summed E-state index contributed by atoms with van der Waals surface area (Å²) in [6.45, 7) is 0. The van der Waals surface area contributed by atoms with Crippen molar-refractivity contribution in [2.75, 3.05) is 10.6 Å². The van der Waals surface area contributed by atoms with Crippen LogP contribution in [0.15, 0.2) is 66.0 Å². The van der Waals surface area contributed by atoms with Gasteiger partial charge in [0.2, 0.25) is 0 Å². The first-order valence-electron chi connectivity index (χ1n) is 7.25. The van der Waals surface area contributed by atoms with E-state index in [1.807, 2.05) is 54.6 Å². The van der Waals surface area contributed by atoms with Crippen LogP contribution in [-0.4, -0.2) is 11.9 Å². The Morgan fingerprint density at radius 3 is 2.33 bits per heavy atom. The van der Waals surface area contributed by atoms with E-state index in [9.17, 15) is 9.59 Å². The molecule has 0 aliphatic carbocycles. The maximum absolute atomic E-state index is 12.3. The Bertz CT molecular complexity index is 875. The standard InChI is InChI=1S/C18H15N3O2S/c19-16(22)14-10-11-24-17(14)21-18(23)20-15-9-5-4-8-13(15)12-6-2-1-3-7-12/h1-11H,(H2,19,22)(H2,20,21,23). The number of carbonyl (C=O) groups excluding carboxylic acids is 2. The number of nitrogens with two attached hydrogens (primary N) is 1. The van der Waals surface area contributed by atoms with Gasteiger partial charge in [0.1, 0.15) is 5.00 Å². The molecule has 24 heavy (non-hydrogen) atoms. The highest BCUT2D eigenvalue weighted by molar-refractivity contribution is 7.14. The minimum Gasteiger partial charge on any atom is -0.366 e. The van der Waals surface area contributed by atoms with Crippen LogP contribution in [0.1, 0.15) is 10.4 Å². The first-order chi connectivity index (χ1) is 11.6. The Morgan fingerprint density at radius 2 is 1.58 bits per heavy atom. The van der Waals surface area contributed by atoms with Crippen LogP contribution >= 0.6 is 11.3 Å². The van der Waals surface area contributed by atoms with Crippen molar-refractivity contribution in [1.29, 1.82) is 0 Å². The number of hydrogen-bond donors (Lipinski definition) is 3. The van der Waals surface area contributed by atoms with Gasteiger partial charge in [-0.15, -0.1) is 11.3 Å². The van der Waals surface area contributed by atoms with Gasteiger partial charge in [0, 0.05) is 5.56 Å². The number of thiophene rings is 1. The molecule has 0 fully saturated rings. The second kappa shape index (κ2) is 6.97. The number of anilines is 2. The van der Waals surface area contributed by atoms with E-state index in [0.29, 0.717) is 16.3 Å². The van der Waals surface area contributed by atoms with E-state index in [4.69, 9.17) is 5.73 Å². The summed E-state index contributed by atoms with van der Waals surface area (Å²) in [5.41, 5.74) is 8.17. The molecule has 4 N–H and O–H groups in total. The molecule has 3 rings (SSSR count). The summed E-state index contributed by atoms with van der Waals surface area (Å²) in [6.07, 6.45) is 0. The number of urea groups is 1. The highest BCUT2D eigenvalue weighted by atomic mass is 32.1. The molecule has 0 saturated heterocycles. The highest BCUT2D eigenvalue weighted by Gasteiger charge is 2.13. The van der Waals surface area contributed by atoms with E-state index in [2.05, 4.69) is 10.6 Å². The zero-order valence-corrected chi connectivity index (χ0v) is 13.5. The van der Waals surface area contributed by atoms with Gasteiger partial charge in [0.25, 0.3) is 5.91 Å². The van der Waals surface area contributed by atoms with E-state index in [1.54, 1.807) is 11.4 Å². The van der Waals surface area contributed by atoms with Crippen LogP contribution < -0.4 is 16.4 Å². The number of nitrogens with one attached hydrogen (secondary N) is 2. The summed E-state index contributed by atoms with van der Waals surface area (Å²) in [6, 6.07) is 18.5. The van der Waals surface area contributed by atoms with Crippen molar-refractivity contribution >= 4 is 34.0 Å². The van der Waals surface area contributed by atoms with E-state index < -0.39 is 11.9 Å². The zero-order chi connectivity index (χ0) is 16.9. The van der Waals surface area contributed by atoms with Crippen LogP contribution in [0.2, 0.25) is 0 Å². The van der Waals surface area contributed by atoms with Crippen molar-refractivity contribution in [2.45, 2.75) is 0 Å². The van der Waals surface area contributed by atoms with Crippen LogP contribution in [0.5, 0.6) is 0 Å². The molecule has 0 spiro atoms. The molecule has 3 amide bonds.